The van der Waals surface area contributed by atoms with Crippen LogP contribution in [0.4, 0.5) is 8.78 Å². The van der Waals surface area contributed by atoms with E-state index in [1.807, 2.05) is 0 Å². The minimum Gasteiger partial charge on any atom is -0.481 e. The van der Waals surface area contributed by atoms with Crippen LogP contribution in [0.15, 0.2) is 18.2 Å². The van der Waals surface area contributed by atoms with Gasteiger partial charge in [-0.05, 0) is 31.0 Å². The number of amides is 1. The van der Waals surface area contributed by atoms with E-state index in [9.17, 15) is 18.4 Å². The van der Waals surface area contributed by atoms with Crippen LogP contribution >= 0.6 is 0 Å². The highest BCUT2D eigenvalue weighted by atomic mass is 19.1. The molecule has 0 spiro atoms. The number of carboxylic acid groups (broad SMARTS) is 1. The number of nitrogens with one attached hydrogen (secondary N) is 1. The van der Waals surface area contributed by atoms with E-state index in [2.05, 4.69) is 5.32 Å². The Hall–Kier alpha value is -1.98. The number of halogens is 2. The summed E-state index contributed by atoms with van der Waals surface area (Å²) >= 11 is 0. The number of benzene rings is 1. The lowest BCUT2D eigenvalue weighted by atomic mass is 10.1. The standard InChI is InChI=1S/C13H15F2NO3/c14-10-5-6-11(15)9(7-10)8-16-12(17)3-1-2-4-13(18)19/h5-7H,1-4,8H2,(H,16,17)(H,18,19). The van der Waals surface area contributed by atoms with Crippen molar-refractivity contribution < 1.29 is 23.5 Å². The summed E-state index contributed by atoms with van der Waals surface area (Å²) in [6, 6.07) is 3.04. The van der Waals surface area contributed by atoms with Crippen molar-refractivity contribution in [3.63, 3.8) is 0 Å². The van der Waals surface area contributed by atoms with Gasteiger partial charge in [0.2, 0.25) is 5.91 Å². The molecule has 0 saturated carbocycles. The van der Waals surface area contributed by atoms with Crippen LogP contribution in [0.1, 0.15) is 31.2 Å². The lowest BCUT2D eigenvalue weighted by molar-refractivity contribution is -0.137. The van der Waals surface area contributed by atoms with Crippen LogP contribution in [0.3, 0.4) is 0 Å². The van der Waals surface area contributed by atoms with Gasteiger partial charge in [-0.3, -0.25) is 9.59 Å². The molecular weight excluding hydrogens is 256 g/mol. The Morgan fingerprint density at radius 3 is 2.53 bits per heavy atom. The Kier molecular flexibility index (Phi) is 5.92. The molecule has 0 aliphatic rings. The lowest BCUT2D eigenvalue weighted by Gasteiger charge is -2.06. The highest BCUT2D eigenvalue weighted by Gasteiger charge is 2.06. The van der Waals surface area contributed by atoms with E-state index in [0.717, 1.165) is 18.2 Å². The van der Waals surface area contributed by atoms with Crippen molar-refractivity contribution in [2.45, 2.75) is 32.2 Å². The topological polar surface area (TPSA) is 66.4 Å². The number of carbonyl (C=O) groups excluding carboxylic acids is 1. The Bertz CT molecular complexity index is 463. The smallest absolute Gasteiger partial charge is 0.303 e. The van der Waals surface area contributed by atoms with Crippen LogP contribution in [-0.4, -0.2) is 17.0 Å². The summed E-state index contributed by atoms with van der Waals surface area (Å²) in [4.78, 5) is 21.6. The summed E-state index contributed by atoms with van der Waals surface area (Å²) in [6.07, 6.45) is 1.05. The molecule has 0 bridgehead atoms. The number of carbonyl (C=O) groups is 2. The highest BCUT2D eigenvalue weighted by molar-refractivity contribution is 5.75. The van der Waals surface area contributed by atoms with Crippen molar-refractivity contribution in [2.24, 2.45) is 0 Å². The zero-order valence-corrected chi connectivity index (χ0v) is 10.3. The number of hydrogen-bond donors (Lipinski definition) is 2. The Morgan fingerprint density at radius 2 is 1.84 bits per heavy atom. The number of hydrogen-bond acceptors (Lipinski definition) is 2. The van der Waals surface area contributed by atoms with Gasteiger partial charge in [-0.25, -0.2) is 8.78 Å². The van der Waals surface area contributed by atoms with Crippen molar-refractivity contribution in [3.05, 3.63) is 35.4 Å². The first kappa shape index (κ1) is 15.1. The second-order valence-electron chi connectivity index (χ2n) is 4.11. The summed E-state index contributed by atoms with van der Waals surface area (Å²) < 4.78 is 26.1. The second-order valence-corrected chi connectivity index (χ2v) is 4.11. The van der Waals surface area contributed by atoms with Gasteiger partial charge in [0, 0.05) is 24.9 Å². The quantitative estimate of drug-likeness (QED) is 0.747. The lowest BCUT2D eigenvalue weighted by Crippen LogP contribution is -2.23. The third kappa shape index (κ3) is 5.94. The molecule has 19 heavy (non-hydrogen) atoms. The van der Waals surface area contributed by atoms with Crippen LogP contribution in [0.5, 0.6) is 0 Å². The van der Waals surface area contributed by atoms with Gasteiger partial charge in [-0.2, -0.15) is 0 Å². The van der Waals surface area contributed by atoms with E-state index in [1.54, 1.807) is 0 Å². The molecule has 104 valence electrons. The third-order valence-corrected chi connectivity index (χ3v) is 2.53. The van der Waals surface area contributed by atoms with Gasteiger partial charge >= 0.3 is 5.97 Å². The minimum atomic E-state index is -0.901. The molecule has 1 amide bonds. The van der Waals surface area contributed by atoms with E-state index in [1.165, 1.54) is 0 Å². The molecule has 0 saturated heterocycles. The Morgan fingerprint density at radius 1 is 1.16 bits per heavy atom. The molecular formula is C13H15F2NO3. The predicted octanol–water partition coefficient (Wildman–Crippen LogP) is 2.23. The van der Waals surface area contributed by atoms with Gasteiger partial charge in [-0.15, -0.1) is 0 Å². The normalized spacial score (nSPS) is 10.2. The molecule has 4 nitrogen and oxygen atoms in total. The van der Waals surface area contributed by atoms with Gasteiger partial charge in [-0.1, -0.05) is 0 Å². The first-order chi connectivity index (χ1) is 8.99. The fourth-order valence-electron chi connectivity index (χ4n) is 1.52. The molecule has 6 heteroatoms. The second kappa shape index (κ2) is 7.45. The molecule has 1 aromatic rings. The fraction of sp³-hybridized carbons (Fsp3) is 0.385. The van der Waals surface area contributed by atoms with Crippen LogP contribution in [0.2, 0.25) is 0 Å². The van der Waals surface area contributed by atoms with Crippen LogP contribution < -0.4 is 5.32 Å². The fourth-order valence-corrected chi connectivity index (χ4v) is 1.52. The van der Waals surface area contributed by atoms with Crippen LogP contribution in [-0.2, 0) is 16.1 Å². The van der Waals surface area contributed by atoms with E-state index in [-0.39, 0.29) is 30.9 Å². The van der Waals surface area contributed by atoms with Gasteiger partial charge in [0.1, 0.15) is 11.6 Å². The summed E-state index contributed by atoms with van der Waals surface area (Å²) in [5, 5.41) is 10.9. The SMILES string of the molecule is O=C(O)CCCCC(=O)NCc1cc(F)ccc1F. The predicted molar refractivity (Wildman–Crippen MR) is 64.3 cm³/mol. The first-order valence-electron chi connectivity index (χ1n) is 5.91. The summed E-state index contributed by atoms with van der Waals surface area (Å²) in [5.41, 5.74) is 0.0823. The first-order valence-corrected chi connectivity index (χ1v) is 5.91. The molecule has 0 aromatic heterocycles. The van der Waals surface area contributed by atoms with Crippen molar-refractivity contribution in [2.75, 3.05) is 0 Å². The Labute approximate surface area is 109 Å². The zero-order valence-electron chi connectivity index (χ0n) is 10.3. The summed E-state index contributed by atoms with van der Waals surface area (Å²) in [6.45, 7) is -0.0820. The van der Waals surface area contributed by atoms with Gasteiger partial charge in [0.25, 0.3) is 0 Å². The van der Waals surface area contributed by atoms with E-state index in [0.29, 0.717) is 12.8 Å². The molecule has 0 aliphatic carbocycles. The number of carboxylic acids is 1. The number of unbranched alkanes of at least 4 members (excludes halogenated alkanes) is 1. The minimum absolute atomic E-state index is 0.0196. The molecule has 1 rings (SSSR count). The molecule has 0 heterocycles. The maximum atomic E-state index is 13.2. The summed E-state index contributed by atoms with van der Waals surface area (Å²) in [7, 11) is 0. The van der Waals surface area contributed by atoms with Crippen molar-refractivity contribution in [1.29, 1.82) is 0 Å². The van der Waals surface area contributed by atoms with Gasteiger partial charge in [0.15, 0.2) is 0 Å². The number of aliphatic carboxylic acids is 1. The average Bonchev–Trinajstić information content (AvgIpc) is 2.35. The summed E-state index contributed by atoms with van der Waals surface area (Å²) in [5.74, 6) is -2.35. The van der Waals surface area contributed by atoms with Crippen LogP contribution in [0, 0.1) is 11.6 Å². The maximum Gasteiger partial charge on any atom is 0.303 e. The molecule has 0 unspecified atom stereocenters. The largest absolute Gasteiger partial charge is 0.481 e. The molecule has 0 radical (unpaired) electrons. The van der Waals surface area contributed by atoms with E-state index >= 15 is 0 Å². The maximum absolute atomic E-state index is 13.2. The molecule has 1 aromatic carbocycles. The van der Waals surface area contributed by atoms with Crippen molar-refractivity contribution in [3.8, 4) is 0 Å². The molecule has 0 atom stereocenters. The van der Waals surface area contributed by atoms with Crippen molar-refractivity contribution >= 4 is 11.9 Å². The third-order valence-electron chi connectivity index (χ3n) is 2.53. The van der Waals surface area contributed by atoms with Gasteiger partial charge < -0.3 is 10.4 Å². The van der Waals surface area contributed by atoms with Crippen molar-refractivity contribution in [1.82, 2.24) is 5.32 Å². The highest BCUT2D eigenvalue weighted by Crippen LogP contribution is 2.09. The molecule has 2 N–H and O–H groups in total. The monoisotopic (exact) mass is 271 g/mol. The average molecular weight is 271 g/mol. The van der Waals surface area contributed by atoms with Gasteiger partial charge in [0.05, 0.1) is 0 Å². The Balaban J connectivity index is 2.30. The molecule has 0 aliphatic heterocycles. The van der Waals surface area contributed by atoms with Crippen LogP contribution in [0.25, 0.3) is 0 Å². The van der Waals surface area contributed by atoms with E-state index in [4.69, 9.17) is 5.11 Å². The number of rotatable bonds is 7. The zero-order chi connectivity index (χ0) is 14.3. The van der Waals surface area contributed by atoms with E-state index < -0.39 is 17.6 Å². The molecule has 0 fully saturated rings.